The molecule has 0 radical (unpaired) electrons. The zero-order valence-electron chi connectivity index (χ0n) is 48.7. The Labute approximate surface area is 516 Å². The van der Waals surface area contributed by atoms with E-state index in [1.807, 2.05) is 0 Å². The van der Waals surface area contributed by atoms with Gasteiger partial charge in [-0.05, 0) is 132 Å². The molecule has 418 valence electrons. The normalized spacial score (nSPS) is 12.2. The van der Waals surface area contributed by atoms with Crippen molar-refractivity contribution in [3.63, 3.8) is 0 Å². The molecule has 0 aliphatic carbocycles. The topological polar surface area (TPSA) is 29.6 Å². The van der Waals surface area contributed by atoms with E-state index < -0.39 is 0 Å². The molecule has 0 saturated heterocycles. The molecule has 0 aliphatic rings. The fraction of sp³-hybridized carbons (Fsp3) is 0. The number of aromatic nitrogens is 6. The molecule has 0 spiro atoms. The molecule has 0 bridgehead atoms. The van der Waals surface area contributed by atoms with Crippen molar-refractivity contribution in [3.8, 4) is 45.3 Å². The fourth-order valence-corrected chi connectivity index (χ4v) is 15.8. The summed E-state index contributed by atoms with van der Waals surface area (Å²) in [5.41, 5.74) is 23.2. The monoisotopic (exact) mass is 1140 g/mol. The second kappa shape index (κ2) is 18.7. The minimum Gasteiger partial charge on any atom is -0.309 e. The van der Waals surface area contributed by atoms with Crippen LogP contribution >= 0.6 is 0 Å². The van der Waals surface area contributed by atoms with Crippen LogP contribution in [0.5, 0.6) is 0 Å². The predicted octanol–water partition coefficient (Wildman–Crippen LogP) is 21.9. The molecule has 0 amide bonds. The summed E-state index contributed by atoms with van der Waals surface area (Å²) in [4.78, 5) is 0. The fourth-order valence-electron chi connectivity index (χ4n) is 15.8. The molecule has 0 N–H and O–H groups in total. The van der Waals surface area contributed by atoms with Crippen LogP contribution < -0.4 is 0 Å². The molecule has 6 heterocycles. The van der Waals surface area contributed by atoms with Crippen molar-refractivity contribution in [1.29, 1.82) is 0 Å². The Morgan fingerprint density at radius 3 is 1.04 bits per heavy atom. The minimum atomic E-state index is 1.11. The maximum Gasteiger partial charge on any atom is 0.0782 e. The Balaban J connectivity index is 0.747. The number of hydrogen-bond donors (Lipinski definition) is 0. The highest BCUT2D eigenvalue weighted by atomic mass is 15.1. The molecule has 20 aromatic rings. The largest absolute Gasteiger partial charge is 0.309 e. The molecule has 6 heteroatoms. The van der Waals surface area contributed by atoms with Gasteiger partial charge in [0.25, 0.3) is 0 Å². The number of nitrogens with zero attached hydrogens (tertiary/aromatic N) is 6. The van der Waals surface area contributed by atoms with Gasteiger partial charge in [0.05, 0.1) is 83.3 Å². The van der Waals surface area contributed by atoms with Gasteiger partial charge in [-0.1, -0.05) is 194 Å². The van der Waals surface area contributed by atoms with Gasteiger partial charge in [-0.25, -0.2) is 0 Å². The molecule has 0 aliphatic heterocycles. The van der Waals surface area contributed by atoms with Crippen molar-refractivity contribution in [2.45, 2.75) is 0 Å². The molecule has 20 rings (SSSR count). The van der Waals surface area contributed by atoms with E-state index in [1.54, 1.807) is 0 Å². The van der Waals surface area contributed by atoms with Gasteiger partial charge >= 0.3 is 0 Å². The number of fused-ring (bicyclic) bond motifs is 18. The highest BCUT2D eigenvalue weighted by molar-refractivity contribution is 6.22. The van der Waals surface area contributed by atoms with Crippen LogP contribution in [-0.2, 0) is 0 Å². The summed E-state index contributed by atoms with van der Waals surface area (Å²) < 4.78 is 14.8. The van der Waals surface area contributed by atoms with Crippen molar-refractivity contribution in [1.82, 2.24) is 27.4 Å². The molecule has 0 unspecified atom stereocenters. The molecular formula is C84H52N6. The SMILES string of the molecule is c1ccc(-n2c3cccc(-c4ccc(-n5c6ccccc6c6cc(-n7c8ccccc8c8c(-n9c%10ccccc%10c%10ccccc%109)cccc87)ccc65)cc4)c3c3cccc(-n4c5ccccc5c5c(-n6c7ccccc7c7ccccc76)cccc54)c32)cc1. The summed E-state index contributed by atoms with van der Waals surface area (Å²) >= 11 is 0. The molecule has 0 saturated carbocycles. The third-order valence-corrected chi connectivity index (χ3v) is 19.4. The van der Waals surface area contributed by atoms with Crippen molar-refractivity contribution >= 4 is 131 Å². The molecule has 6 aromatic heterocycles. The lowest BCUT2D eigenvalue weighted by molar-refractivity contribution is 1.13. The van der Waals surface area contributed by atoms with Crippen LogP contribution in [0.4, 0.5) is 0 Å². The molecule has 14 aromatic carbocycles. The number of hydrogen-bond acceptors (Lipinski definition) is 0. The van der Waals surface area contributed by atoms with Crippen molar-refractivity contribution < 1.29 is 0 Å². The lowest BCUT2D eigenvalue weighted by Gasteiger charge is -2.15. The third kappa shape index (κ3) is 6.71. The Morgan fingerprint density at radius 2 is 0.500 bits per heavy atom. The lowest BCUT2D eigenvalue weighted by Crippen LogP contribution is -2.01. The van der Waals surface area contributed by atoms with Gasteiger partial charge in [0.15, 0.2) is 0 Å². The summed E-state index contributed by atoms with van der Waals surface area (Å²) in [6.07, 6.45) is 0. The van der Waals surface area contributed by atoms with Crippen LogP contribution in [0.2, 0.25) is 0 Å². The van der Waals surface area contributed by atoms with Crippen LogP contribution in [0.1, 0.15) is 0 Å². The van der Waals surface area contributed by atoms with E-state index in [1.165, 1.54) is 115 Å². The summed E-state index contributed by atoms with van der Waals surface area (Å²) in [7, 11) is 0. The first-order valence-corrected chi connectivity index (χ1v) is 31.0. The second-order valence-electron chi connectivity index (χ2n) is 23.9. The zero-order valence-corrected chi connectivity index (χ0v) is 48.7. The van der Waals surface area contributed by atoms with Crippen molar-refractivity contribution in [2.24, 2.45) is 0 Å². The summed E-state index contributed by atoms with van der Waals surface area (Å²) in [6.45, 7) is 0. The minimum absolute atomic E-state index is 1.11. The number of rotatable bonds is 7. The predicted molar refractivity (Wildman–Crippen MR) is 378 cm³/mol. The highest BCUT2D eigenvalue weighted by Gasteiger charge is 2.26. The Bertz CT molecular complexity index is 6290. The standard InChI is InChI=1S/C84H52N6/c1-2-22-54(23-3-1)87-75-40-18-31-57(81(75)65-32-19-45-80(84(65)87)90-73-39-17-10-30-64(73)83-78(43-21-44-79(83)90)89-70-36-14-6-26-60(70)61-27-7-15-37-71(61)89)53-46-48-55(49-47-53)85-67-33-11-8-28-62(67)66-52-56(50-51-74(66)85)86-72-38-16-9-29-63(72)82-76(86)41-20-42-77(82)88-68-34-12-4-24-58(68)59-25-5-13-35-69(59)88/h1-52H. The van der Waals surface area contributed by atoms with Gasteiger partial charge in [0.2, 0.25) is 0 Å². The van der Waals surface area contributed by atoms with Crippen molar-refractivity contribution in [3.05, 3.63) is 315 Å². The molecule has 0 fully saturated rings. The maximum atomic E-state index is 2.51. The van der Waals surface area contributed by atoms with E-state index in [2.05, 4.69) is 343 Å². The van der Waals surface area contributed by atoms with Crippen LogP contribution in [0.15, 0.2) is 315 Å². The van der Waals surface area contributed by atoms with E-state index in [4.69, 9.17) is 0 Å². The van der Waals surface area contributed by atoms with Gasteiger partial charge in [-0.3, -0.25) is 0 Å². The van der Waals surface area contributed by atoms with Crippen LogP contribution in [0, 0.1) is 0 Å². The first kappa shape index (κ1) is 49.0. The van der Waals surface area contributed by atoms with E-state index in [0.717, 1.165) is 61.6 Å². The van der Waals surface area contributed by atoms with Gasteiger partial charge in [0.1, 0.15) is 0 Å². The van der Waals surface area contributed by atoms with Gasteiger partial charge in [-0.15, -0.1) is 0 Å². The lowest BCUT2D eigenvalue weighted by atomic mass is 9.99. The maximum absolute atomic E-state index is 2.51. The van der Waals surface area contributed by atoms with Gasteiger partial charge < -0.3 is 27.4 Å². The Morgan fingerprint density at radius 1 is 0.167 bits per heavy atom. The average molecular weight is 1150 g/mol. The van der Waals surface area contributed by atoms with Crippen LogP contribution in [-0.4, -0.2) is 27.4 Å². The van der Waals surface area contributed by atoms with Gasteiger partial charge in [0, 0.05) is 81.7 Å². The molecule has 90 heavy (non-hydrogen) atoms. The summed E-state index contributed by atoms with van der Waals surface area (Å²) in [5, 5.41) is 14.7. The van der Waals surface area contributed by atoms with E-state index in [-0.39, 0.29) is 0 Å². The quantitative estimate of drug-likeness (QED) is 0.152. The van der Waals surface area contributed by atoms with E-state index >= 15 is 0 Å². The second-order valence-corrected chi connectivity index (χ2v) is 23.9. The van der Waals surface area contributed by atoms with Crippen molar-refractivity contribution in [2.75, 3.05) is 0 Å². The molecule has 6 nitrogen and oxygen atoms in total. The first-order valence-electron chi connectivity index (χ1n) is 31.0. The van der Waals surface area contributed by atoms with Crippen LogP contribution in [0.25, 0.3) is 176 Å². The van der Waals surface area contributed by atoms with E-state index in [0.29, 0.717) is 0 Å². The third-order valence-electron chi connectivity index (χ3n) is 19.4. The van der Waals surface area contributed by atoms with Gasteiger partial charge in [-0.2, -0.15) is 0 Å². The van der Waals surface area contributed by atoms with E-state index in [9.17, 15) is 0 Å². The highest BCUT2D eigenvalue weighted by Crippen LogP contribution is 2.47. The number of para-hydroxylation sites is 9. The average Bonchev–Trinajstić information content (AvgIpc) is 1.82. The molecular weight excluding hydrogens is 1090 g/mol. The smallest absolute Gasteiger partial charge is 0.0782 e. The molecule has 0 atom stereocenters. The summed E-state index contributed by atoms with van der Waals surface area (Å²) in [5.74, 6) is 0. The van der Waals surface area contributed by atoms with Crippen LogP contribution in [0.3, 0.4) is 0 Å². The zero-order chi connectivity index (χ0) is 58.7. The summed E-state index contributed by atoms with van der Waals surface area (Å²) in [6, 6.07) is 117. The Hall–Kier alpha value is -12.1. The Kier molecular flexibility index (Phi) is 10.2. The number of benzene rings is 14. The first-order chi connectivity index (χ1) is 44.7.